The van der Waals surface area contributed by atoms with Gasteiger partial charge in [-0.25, -0.2) is 0 Å². The second kappa shape index (κ2) is 3.71. The molecule has 1 aliphatic heterocycles. The van der Waals surface area contributed by atoms with E-state index in [0.717, 1.165) is 12.8 Å². The summed E-state index contributed by atoms with van der Waals surface area (Å²) in [6.07, 6.45) is 1.90. The van der Waals surface area contributed by atoms with Crippen LogP contribution in [0.5, 0.6) is 0 Å². The molecule has 0 atom stereocenters. The van der Waals surface area contributed by atoms with E-state index in [9.17, 15) is 0 Å². The Bertz CT molecular complexity index is 242. The molecule has 0 unspecified atom stereocenters. The van der Waals surface area contributed by atoms with E-state index in [0.29, 0.717) is 0 Å². The molecule has 0 spiro atoms. The van der Waals surface area contributed by atoms with Crippen LogP contribution in [0.3, 0.4) is 0 Å². The quantitative estimate of drug-likeness (QED) is 0.680. The highest BCUT2D eigenvalue weighted by Crippen LogP contribution is 2.50. The van der Waals surface area contributed by atoms with E-state index in [4.69, 9.17) is 9.47 Å². The molecule has 0 bridgehead atoms. The molecule has 0 aromatic rings. The van der Waals surface area contributed by atoms with Crippen molar-refractivity contribution in [3.8, 4) is 0 Å². The van der Waals surface area contributed by atoms with Gasteiger partial charge in [0.25, 0.3) is 0 Å². The molecular formula is C14H28O2. The third-order valence-corrected chi connectivity index (χ3v) is 3.73. The van der Waals surface area contributed by atoms with Gasteiger partial charge in [0.05, 0.1) is 16.8 Å². The van der Waals surface area contributed by atoms with E-state index >= 15 is 0 Å². The van der Waals surface area contributed by atoms with Crippen molar-refractivity contribution >= 4 is 0 Å². The Morgan fingerprint density at radius 3 is 1.56 bits per heavy atom. The molecule has 1 rings (SSSR count). The Morgan fingerprint density at radius 1 is 0.938 bits per heavy atom. The molecule has 0 aromatic carbocycles. The van der Waals surface area contributed by atoms with E-state index in [2.05, 4.69) is 48.5 Å². The Balaban J connectivity index is 3.12. The van der Waals surface area contributed by atoms with E-state index in [1.165, 1.54) is 0 Å². The molecule has 0 N–H and O–H groups in total. The number of hydrogen-bond acceptors (Lipinski definition) is 2. The topological polar surface area (TPSA) is 18.5 Å². The molecule has 1 heterocycles. The highest BCUT2D eigenvalue weighted by molar-refractivity contribution is 5.04. The van der Waals surface area contributed by atoms with Gasteiger partial charge in [0.1, 0.15) is 0 Å². The molecule has 2 heteroatoms. The predicted octanol–water partition coefficient (Wildman–Crippen LogP) is 3.79. The lowest BCUT2D eigenvalue weighted by atomic mass is 9.64. The molecule has 0 radical (unpaired) electrons. The fourth-order valence-electron chi connectivity index (χ4n) is 3.24. The highest BCUT2D eigenvalue weighted by Gasteiger charge is 2.54. The van der Waals surface area contributed by atoms with Crippen LogP contribution >= 0.6 is 0 Å². The summed E-state index contributed by atoms with van der Waals surface area (Å²) in [5, 5.41) is 0. The van der Waals surface area contributed by atoms with Crippen LogP contribution in [0.2, 0.25) is 0 Å². The fraction of sp³-hybridized carbons (Fsp3) is 1.00. The summed E-state index contributed by atoms with van der Waals surface area (Å²) < 4.78 is 12.1. The van der Waals surface area contributed by atoms with Gasteiger partial charge in [-0.2, -0.15) is 0 Å². The van der Waals surface area contributed by atoms with Crippen molar-refractivity contribution < 1.29 is 9.47 Å². The summed E-state index contributed by atoms with van der Waals surface area (Å²) in [6, 6.07) is 0. The largest absolute Gasteiger partial charge is 0.377 e. The van der Waals surface area contributed by atoms with E-state index in [1.807, 2.05) is 7.11 Å². The zero-order valence-corrected chi connectivity index (χ0v) is 12.2. The molecule has 16 heavy (non-hydrogen) atoms. The number of methoxy groups -OCH3 is 1. The van der Waals surface area contributed by atoms with Gasteiger partial charge in [-0.15, -0.1) is 0 Å². The first-order chi connectivity index (χ1) is 6.93. The maximum Gasteiger partial charge on any atom is 0.0781 e. The van der Waals surface area contributed by atoms with Crippen LogP contribution in [0.15, 0.2) is 0 Å². The fourth-order valence-corrected chi connectivity index (χ4v) is 3.24. The van der Waals surface area contributed by atoms with E-state index in [-0.39, 0.29) is 22.2 Å². The SMILES string of the molecule is COC1(C(C)(C)C)CC(C)(C)OC(C)(C)C1. The first-order valence-corrected chi connectivity index (χ1v) is 6.18. The van der Waals surface area contributed by atoms with Gasteiger partial charge in [0.2, 0.25) is 0 Å². The lowest BCUT2D eigenvalue weighted by molar-refractivity contribution is -0.254. The normalized spacial score (nSPS) is 27.8. The third kappa shape index (κ3) is 2.60. The van der Waals surface area contributed by atoms with Crippen LogP contribution in [0, 0.1) is 5.41 Å². The van der Waals surface area contributed by atoms with Crippen molar-refractivity contribution in [3.63, 3.8) is 0 Å². The van der Waals surface area contributed by atoms with Crippen LogP contribution in [0.25, 0.3) is 0 Å². The van der Waals surface area contributed by atoms with Crippen molar-refractivity contribution in [2.75, 3.05) is 7.11 Å². The minimum absolute atomic E-state index is 0.0990. The van der Waals surface area contributed by atoms with E-state index in [1.54, 1.807) is 0 Å². The minimum Gasteiger partial charge on any atom is -0.377 e. The smallest absolute Gasteiger partial charge is 0.0781 e. The first kappa shape index (κ1) is 14.0. The average molecular weight is 228 g/mol. The molecule has 1 fully saturated rings. The summed E-state index contributed by atoms with van der Waals surface area (Å²) >= 11 is 0. The van der Waals surface area contributed by atoms with Crippen molar-refractivity contribution in [2.24, 2.45) is 5.41 Å². The second-order valence-electron chi connectivity index (χ2n) is 7.42. The lowest BCUT2D eigenvalue weighted by Crippen LogP contribution is -2.60. The molecule has 96 valence electrons. The predicted molar refractivity (Wildman–Crippen MR) is 67.7 cm³/mol. The van der Waals surface area contributed by atoms with Crippen LogP contribution in [-0.4, -0.2) is 23.9 Å². The zero-order valence-electron chi connectivity index (χ0n) is 12.2. The Labute approximate surface area is 101 Å². The van der Waals surface area contributed by atoms with Gasteiger partial charge in [-0.3, -0.25) is 0 Å². The maximum absolute atomic E-state index is 6.13. The summed E-state index contributed by atoms with van der Waals surface area (Å²) in [6.45, 7) is 15.4. The average Bonchev–Trinajstić information content (AvgIpc) is 1.95. The minimum atomic E-state index is -0.120. The van der Waals surface area contributed by atoms with Crippen LogP contribution in [-0.2, 0) is 9.47 Å². The summed E-state index contributed by atoms with van der Waals surface area (Å²) in [4.78, 5) is 0. The van der Waals surface area contributed by atoms with Crippen molar-refractivity contribution in [3.05, 3.63) is 0 Å². The number of ether oxygens (including phenoxy) is 2. The zero-order chi connectivity index (χ0) is 12.8. The van der Waals surface area contributed by atoms with Crippen LogP contribution in [0.1, 0.15) is 61.3 Å². The van der Waals surface area contributed by atoms with Crippen molar-refractivity contribution in [2.45, 2.75) is 78.1 Å². The monoisotopic (exact) mass is 228 g/mol. The van der Waals surface area contributed by atoms with Gasteiger partial charge in [-0.1, -0.05) is 20.8 Å². The standard InChI is InChI=1S/C14H28O2/c1-11(2,3)14(15-8)9-12(4,5)16-13(6,7)10-14/h9-10H2,1-8H3. The summed E-state index contributed by atoms with van der Waals surface area (Å²) in [7, 11) is 1.84. The summed E-state index contributed by atoms with van der Waals surface area (Å²) in [5.74, 6) is 0. The Hall–Kier alpha value is -0.0800. The van der Waals surface area contributed by atoms with Crippen molar-refractivity contribution in [1.82, 2.24) is 0 Å². The molecule has 2 nitrogen and oxygen atoms in total. The Kier molecular flexibility index (Phi) is 3.24. The van der Waals surface area contributed by atoms with Crippen LogP contribution in [0.4, 0.5) is 0 Å². The summed E-state index contributed by atoms with van der Waals surface area (Å²) in [5.41, 5.74) is -0.214. The molecule has 0 amide bonds. The lowest BCUT2D eigenvalue weighted by Gasteiger charge is -2.56. The molecule has 1 aliphatic rings. The molecule has 1 saturated heterocycles. The molecular weight excluding hydrogens is 200 g/mol. The van der Waals surface area contributed by atoms with Gasteiger partial charge >= 0.3 is 0 Å². The molecule has 0 saturated carbocycles. The molecule has 0 aromatic heterocycles. The van der Waals surface area contributed by atoms with Gasteiger partial charge < -0.3 is 9.47 Å². The molecule has 0 aliphatic carbocycles. The van der Waals surface area contributed by atoms with Crippen LogP contribution < -0.4 is 0 Å². The van der Waals surface area contributed by atoms with Gasteiger partial charge in [-0.05, 0) is 33.1 Å². The van der Waals surface area contributed by atoms with Crippen molar-refractivity contribution in [1.29, 1.82) is 0 Å². The van der Waals surface area contributed by atoms with E-state index < -0.39 is 0 Å². The Morgan fingerprint density at radius 2 is 1.31 bits per heavy atom. The number of rotatable bonds is 1. The van der Waals surface area contributed by atoms with Gasteiger partial charge in [0.15, 0.2) is 0 Å². The third-order valence-electron chi connectivity index (χ3n) is 3.73. The first-order valence-electron chi connectivity index (χ1n) is 6.18. The second-order valence-corrected chi connectivity index (χ2v) is 7.42. The maximum atomic E-state index is 6.13. The van der Waals surface area contributed by atoms with Gasteiger partial charge in [0, 0.05) is 20.0 Å². The highest BCUT2D eigenvalue weighted by atomic mass is 16.5. The number of hydrogen-bond donors (Lipinski definition) is 0.